The second kappa shape index (κ2) is 7.28. The van der Waals surface area contributed by atoms with Crippen LogP contribution in [0.25, 0.3) is 0 Å². The first kappa shape index (κ1) is 16.2. The molecule has 122 valence electrons. The molecule has 3 rings (SSSR count). The minimum atomic E-state index is -0.428. The van der Waals surface area contributed by atoms with Crippen LogP contribution in [0.5, 0.6) is 0 Å². The summed E-state index contributed by atoms with van der Waals surface area (Å²) in [7, 11) is 0. The maximum atomic E-state index is 12.6. The first-order chi connectivity index (χ1) is 11.2. The standard InChI is InChI=1S/C19H23NO2S/c1-14(17-9-12-23-13-17)19(22)20-10-7-16(8-11-20)18(21)15-5-3-2-4-6-15/h2-6,9,12-14,16,18,21H,7-8,10-11H2,1H3. The molecule has 0 spiro atoms. The van der Waals surface area contributed by atoms with Gasteiger partial charge in [0.2, 0.25) is 5.91 Å². The Hall–Kier alpha value is -1.65. The highest BCUT2D eigenvalue weighted by molar-refractivity contribution is 7.08. The van der Waals surface area contributed by atoms with E-state index in [2.05, 4.69) is 5.38 Å². The van der Waals surface area contributed by atoms with Gasteiger partial charge < -0.3 is 10.0 Å². The maximum absolute atomic E-state index is 12.6. The average Bonchev–Trinajstić information content (AvgIpc) is 3.15. The van der Waals surface area contributed by atoms with Crippen LogP contribution in [0.15, 0.2) is 47.2 Å². The number of likely N-dealkylation sites (tertiary alicyclic amines) is 1. The van der Waals surface area contributed by atoms with Crippen LogP contribution < -0.4 is 0 Å². The van der Waals surface area contributed by atoms with Crippen molar-refractivity contribution < 1.29 is 9.90 Å². The largest absolute Gasteiger partial charge is 0.388 e. The van der Waals surface area contributed by atoms with E-state index in [0.29, 0.717) is 0 Å². The molecule has 1 saturated heterocycles. The summed E-state index contributed by atoms with van der Waals surface area (Å²) in [5.74, 6) is 0.366. The first-order valence-corrected chi connectivity index (χ1v) is 9.15. The van der Waals surface area contributed by atoms with Gasteiger partial charge in [0.1, 0.15) is 0 Å². The molecule has 0 radical (unpaired) electrons. The zero-order valence-corrected chi connectivity index (χ0v) is 14.2. The summed E-state index contributed by atoms with van der Waals surface area (Å²) in [5.41, 5.74) is 2.08. The van der Waals surface area contributed by atoms with E-state index in [1.54, 1.807) is 11.3 Å². The summed E-state index contributed by atoms with van der Waals surface area (Å²) >= 11 is 1.63. The van der Waals surface area contributed by atoms with Gasteiger partial charge in [0, 0.05) is 13.1 Å². The number of piperidine rings is 1. The number of hydrogen-bond acceptors (Lipinski definition) is 3. The molecular weight excluding hydrogens is 306 g/mol. The molecule has 0 bridgehead atoms. The number of carbonyl (C=O) groups is 1. The van der Waals surface area contributed by atoms with E-state index in [0.717, 1.165) is 37.1 Å². The monoisotopic (exact) mass is 329 g/mol. The lowest BCUT2D eigenvalue weighted by atomic mass is 9.87. The smallest absolute Gasteiger partial charge is 0.229 e. The molecule has 4 heteroatoms. The van der Waals surface area contributed by atoms with E-state index >= 15 is 0 Å². The highest BCUT2D eigenvalue weighted by Crippen LogP contribution is 2.32. The van der Waals surface area contributed by atoms with Crippen LogP contribution >= 0.6 is 11.3 Å². The van der Waals surface area contributed by atoms with E-state index in [-0.39, 0.29) is 17.7 Å². The summed E-state index contributed by atoms with van der Waals surface area (Å²) in [5, 5.41) is 14.6. The Morgan fingerprint density at radius 3 is 2.48 bits per heavy atom. The number of hydrogen-bond donors (Lipinski definition) is 1. The third-order valence-electron chi connectivity index (χ3n) is 4.85. The van der Waals surface area contributed by atoms with Crippen molar-refractivity contribution in [2.24, 2.45) is 5.92 Å². The molecule has 0 saturated carbocycles. The van der Waals surface area contributed by atoms with Crippen molar-refractivity contribution >= 4 is 17.2 Å². The van der Waals surface area contributed by atoms with Crippen LogP contribution in [0.4, 0.5) is 0 Å². The molecule has 3 nitrogen and oxygen atoms in total. The summed E-state index contributed by atoms with van der Waals surface area (Å²) in [6, 6.07) is 11.9. The molecule has 2 unspecified atom stereocenters. The molecule has 1 aliphatic rings. The van der Waals surface area contributed by atoms with Crippen molar-refractivity contribution in [3.05, 3.63) is 58.3 Å². The molecule has 1 aromatic heterocycles. The van der Waals surface area contributed by atoms with Gasteiger partial charge in [0.25, 0.3) is 0 Å². The van der Waals surface area contributed by atoms with Gasteiger partial charge in [-0.2, -0.15) is 11.3 Å². The van der Waals surface area contributed by atoms with Crippen LogP contribution in [0.3, 0.4) is 0 Å². The summed E-state index contributed by atoms with van der Waals surface area (Å²) in [4.78, 5) is 14.6. The van der Waals surface area contributed by atoms with Gasteiger partial charge in [-0.05, 0) is 53.6 Å². The van der Waals surface area contributed by atoms with Crippen LogP contribution in [0.1, 0.15) is 42.9 Å². The van der Waals surface area contributed by atoms with E-state index in [4.69, 9.17) is 0 Å². The lowest BCUT2D eigenvalue weighted by Crippen LogP contribution is -2.41. The zero-order valence-electron chi connectivity index (χ0n) is 13.4. The number of amides is 1. The molecule has 2 heterocycles. The van der Waals surface area contributed by atoms with E-state index in [9.17, 15) is 9.90 Å². The third-order valence-corrected chi connectivity index (χ3v) is 5.55. The maximum Gasteiger partial charge on any atom is 0.229 e. The minimum Gasteiger partial charge on any atom is -0.388 e. The summed E-state index contributed by atoms with van der Waals surface area (Å²) in [6.45, 7) is 3.46. The highest BCUT2D eigenvalue weighted by Gasteiger charge is 2.30. The highest BCUT2D eigenvalue weighted by atomic mass is 32.1. The van der Waals surface area contributed by atoms with Gasteiger partial charge >= 0.3 is 0 Å². The SMILES string of the molecule is CC(C(=O)N1CCC(C(O)c2ccccc2)CC1)c1ccsc1. The van der Waals surface area contributed by atoms with Crippen molar-refractivity contribution in [3.63, 3.8) is 0 Å². The van der Waals surface area contributed by atoms with Gasteiger partial charge in [0.15, 0.2) is 0 Å². The fourth-order valence-electron chi connectivity index (χ4n) is 3.30. The number of benzene rings is 1. The molecule has 23 heavy (non-hydrogen) atoms. The first-order valence-electron chi connectivity index (χ1n) is 8.20. The summed E-state index contributed by atoms with van der Waals surface area (Å²) in [6.07, 6.45) is 1.29. The van der Waals surface area contributed by atoms with E-state index < -0.39 is 6.10 Å². The van der Waals surface area contributed by atoms with Gasteiger partial charge in [0.05, 0.1) is 12.0 Å². The summed E-state index contributed by atoms with van der Waals surface area (Å²) < 4.78 is 0. The van der Waals surface area contributed by atoms with Crippen molar-refractivity contribution in [3.8, 4) is 0 Å². The number of nitrogens with zero attached hydrogens (tertiary/aromatic N) is 1. The number of thiophene rings is 1. The van der Waals surface area contributed by atoms with Crippen molar-refractivity contribution in [1.29, 1.82) is 0 Å². The average molecular weight is 329 g/mol. The third kappa shape index (κ3) is 3.65. The lowest BCUT2D eigenvalue weighted by molar-refractivity contribution is -0.134. The van der Waals surface area contributed by atoms with Crippen LogP contribution in [0.2, 0.25) is 0 Å². The van der Waals surface area contributed by atoms with Crippen molar-refractivity contribution in [2.45, 2.75) is 31.8 Å². The molecule has 1 fully saturated rings. The normalized spacial score (nSPS) is 18.6. The number of aliphatic hydroxyl groups excluding tert-OH is 1. The molecule has 1 amide bonds. The molecular formula is C19H23NO2S. The Morgan fingerprint density at radius 1 is 1.17 bits per heavy atom. The Balaban J connectivity index is 1.57. The fourth-order valence-corrected chi connectivity index (χ4v) is 4.05. The topological polar surface area (TPSA) is 40.5 Å². The lowest BCUT2D eigenvalue weighted by Gasteiger charge is -2.35. The van der Waals surface area contributed by atoms with Crippen LogP contribution in [0, 0.1) is 5.92 Å². The minimum absolute atomic E-state index is 0.0724. The Bertz CT molecular complexity index is 618. The van der Waals surface area contributed by atoms with Gasteiger partial charge in [-0.25, -0.2) is 0 Å². The zero-order chi connectivity index (χ0) is 16.2. The quantitative estimate of drug-likeness (QED) is 0.926. The van der Waals surface area contributed by atoms with Gasteiger partial charge in [-0.15, -0.1) is 0 Å². The molecule has 1 N–H and O–H groups in total. The van der Waals surface area contributed by atoms with Crippen LogP contribution in [-0.4, -0.2) is 29.0 Å². The predicted molar refractivity (Wildman–Crippen MR) is 93.4 cm³/mol. The fraction of sp³-hybridized carbons (Fsp3) is 0.421. The Kier molecular flexibility index (Phi) is 5.13. The number of rotatable bonds is 4. The van der Waals surface area contributed by atoms with Gasteiger partial charge in [-0.1, -0.05) is 30.3 Å². The Morgan fingerprint density at radius 2 is 1.87 bits per heavy atom. The molecule has 1 aliphatic heterocycles. The molecule has 0 aliphatic carbocycles. The Labute approximate surface area is 141 Å². The molecule has 1 aromatic carbocycles. The van der Waals surface area contributed by atoms with Crippen LogP contribution in [-0.2, 0) is 4.79 Å². The van der Waals surface area contributed by atoms with Crippen molar-refractivity contribution in [2.75, 3.05) is 13.1 Å². The van der Waals surface area contributed by atoms with Crippen molar-refractivity contribution in [1.82, 2.24) is 4.90 Å². The number of aliphatic hydroxyl groups is 1. The van der Waals surface area contributed by atoms with E-state index in [1.165, 1.54) is 0 Å². The second-order valence-electron chi connectivity index (χ2n) is 6.30. The van der Waals surface area contributed by atoms with Gasteiger partial charge in [-0.3, -0.25) is 4.79 Å². The van der Waals surface area contributed by atoms with E-state index in [1.807, 2.05) is 53.6 Å². The second-order valence-corrected chi connectivity index (χ2v) is 7.08. The molecule has 2 atom stereocenters. The number of carbonyl (C=O) groups excluding carboxylic acids is 1. The molecule has 2 aromatic rings. The predicted octanol–water partition coefficient (Wildman–Crippen LogP) is 3.82.